The summed E-state index contributed by atoms with van der Waals surface area (Å²) in [6.07, 6.45) is -0.551. The van der Waals surface area contributed by atoms with Crippen LogP contribution in [0.2, 0.25) is 0 Å². The van der Waals surface area contributed by atoms with Gasteiger partial charge in [0, 0.05) is 19.5 Å². The molecule has 0 fully saturated rings. The molecule has 0 aliphatic carbocycles. The van der Waals surface area contributed by atoms with Gasteiger partial charge in [-0.05, 0) is 31.2 Å². The number of aliphatic hydroxyl groups is 1. The zero-order valence-corrected chi connectivity index (χ0v) is 29.9. The van der Waals surface area contributed by atoms with Crippen LogP contribution in [0.4, 0.5) is 0 Å². The van der Waals surface area contributed by atoms with Gasteiger partial charge in [-0.15, -0.1) is 0 Å². The van der Waals surface area contributed by atoms with Crippen LogP contribution in [-0.2, 0) is 62.3 Å². The summed E-state index contributed by atoms with van der Waals surface area (Å²) in [5, 5.41) is 24.9. The van der Waals surface area contributed by atoms with Gasteiger partial charge in [-0.25, -0.2) is 0 Å². The van der Waals surface area contributed by atoms with Gasteiger partial charge >= 0.3 is 23.9 Å². The van der Waals surface area contributed by atoms with Crippen molar-refractivity contribution in [1.29, 1.82) is 0 Å². The summed E-state index contributed by atoms with van der Waals surface area (Å²) in [6.45, 7) is 5.45. The standard InChI is InChI=1S/C18H26O8.C8H10O2.C6H10O4.Zn/c19-17(20)6-7-18(21)26-15-13-24-11-9-22-8-10-23-12-14-25-16-4-2-1-3-5-16;9-6-7-10-8-4-2-1-3-5-8;1-2-10-6(9)4-3-5(7)8;/h1-5H,6-15H2,(H,19,20);1-5,9H,6-7H2;2-4H2,1H3,(H,7,8);. The van der Waals surface area contributed by atoms with E-state index in [1.54, 1.807) is 6.92 Å². The fourth-order valence-corrected chi connectivity index (χ4v) is 2.90. The zero-order valence-electron chi connectivity index (χ0n) is 26.9. The Labute approximate surface area is 288 Å². The molecule has 2 aromatic rings. The average Bonchev–Trinajstić information content (AvgIpc) is 3.05. The molecule has 0 saturated heterocycles. The Bertz CT molecular complexity index is 1040. The van der Waals surface area contributed by atoms with E-state index in [4.69, 9.17) is 43.7 Å². The molecule has 0 bridgehead atoms. The molecule has 0 aliphatic rings. The number of aliphatic hydroxyl groups excluding tert-OH is 1. The first kappa shape index (κ1) is 45.5. The van der Waals surface area contributed by atoms with Gasteiger partial charge in [-0.1, -0.05) is 36.4 Å². The van der Waals surface area contributed by atoms with Gasteiger partial charge in [0.2, 0.25) is 0 Å². The summed E-state index contributed by atoms with van der Waals surface area (Å²) in [5.74, 6) is -1.38. The Morgan fingerprint density at radius 3 is 1.32 bits per heavy atom. The number of benzene rings is 2. The topological polar surface area (TPSA) is 194 Å². The van der Waals surface area contributed by atoms with Crippen LogP contribution in [0.1, 0.15) is 32.6 Å². The van der Waals surface area contributed by atoms with Crippen LogP contribution < -0.4 is 9.47 Å². The summed E-state index contributed by atoms with van der Waals surface area (Å²) >= 11 is 0. The number of carbonyl (C=O) groups excluding carboxylic acids is 2. The Morgan fingerprint density at radius 2 is 0.915 bits per heavy atom. The number of rotatable bonds is 23. The summed E-state index contributed by atoms with van der Waals surface area (Å²) in [4.78, 5) is 41.8. The van der Waals surface area contributed by atoms with E-state index in [1.165, 1.54) is 0 Å². The fraction of sp³-hybridized carbons (Fsp3) is 0.500. The third kappa shape index (κ3) is 33.6. The van der Waals surface area contributed by atoms with Crippen molar-refractivity contribution in [2.45, 2.75) is 32.6 Å². The number of hydrogen-bond donors (Lipinski definition) is 3. The number of ether oxygens (including phenoxy) is 7. The van der Waals surface area contributed by atoms with Gasteiger partial charge in [-0.2, -0.15) is 0 Å². The number of hydrogen-bond acceptors (Lipinski definition) is 12. The summed E-state index contributed by atoms with van der Waals surface area (Å²) in [6, 6.07) is 19.0. The van der Waals surface area contributed by atoms with Crippen molar-refractivity contribution < 1.29 is 87.1 Å². The maximum atomic E-state index is 11.1. The molecule has 14 nitrogen and oxygen atoms in total. The molecular formula is C32H46O14Zn. The summed E-state index contributed by atoms with van der Waals surface area (Å²) in [7, 11) is 0. The minimum Gasteiger partial charge on any atom is -0.491 e. The van der Waals surface area contributed by atoms with Gasteiger partial charge in [-0.3, -0.25) is 19.2 Å². The van der Waals surface area contributed by atoms with Crippen LogP contribution in [-0.4, -0.2) is 112 Å². The maximum absolute atomic E-state index is 11.1. The van der Waals surface area contributed by atoms with Crippen molar-refractivity contribution >= 4 is 23.9 Å². The molecule has 0 unspecified atom stereocenters. The summed E-state index contributed by atoms with van der Waals surface area (Å²) in [5.41, 5.74) is 0. The van der Waals surface area contributed by atoms with Crippen LogP contribution >= 0.6 is 0 Å². The SMILES string of the molecule is CCOC(=O)CCC(=O)O.O=C(O)CCC(=O)OCCOCCOCCOCCOc1ccccc1.OCCOc1ccccc1.[Zn]. The fourth-order valence-electron chi connectivity index (χ4n) is 2.90. The first-order valence-corrected chi connectivity index (χ1v) is 14.7. The molecule has 260 valence electrons. The first-order valence-electron chi connectivity index (χ1n) is 14.7. The minimum atomic E-state index is -1.02. The van der Waals surface area contributed by atoms with Gasteiger partial charge < -0.3 is 48.5 Å². The van der Waals surface area contributed by atoms with E-state index in [1.807, 2.05) is 60.7 Å². The molecule has 47 heavy (non-hydrogen) atoms. The normalized spacial score (nSPS) is 9.66. The number of esters is 2. The molecule has 0 saturated carbocycles. The van der Waals surface area contributed by atoms with Crippen LogP contribution in [0.3, 0.4) is 0 Å². The quantitative estimate of drug-likeness (QED) is 0.0862. The number of carbonyl (C=O) groups is 4. The van der Waals surface area contributed by atoms with E-state index in [-0.39, 0.29) is 65.0 Å². The molecule has 0 spiro atoms. The molecule has 3 N–H and O–H groups in total. The molecule has 15 heteroatoms. The Hall–Kier alpha value is -3.62. The van der Waals surface area contributed by atoms with Crippen LogP contribution in [0.5, 0.6) is 11.5 Å². The van der Waals surface area contributed by atoms with Gasteiger partial charge in [0.1, 0.15) is 31.3 Å². The Balaban J connectivity index is 0. The largest absolute Gasteiger partial charge is 0.491 e. The third-order valence-electron chi connectivity index (χ3n) is 4.97. The van der Waals surface area contributed by atoms with Crippen LogP contribution in [0, 0.1) is 0 Å². The van der Waals surface area contributed by atoms with E-state index in [0.717, 1.165) is 11.5 Å². The van der Waals surface area contributed by atoms with E-state index in [2.05, 4.69) is 4.74 Å². The van der Waals surface area contributed by atoms with E-state index in [0.29, 0.717) is 52.9 Å². The zero-order chi connectivity index (χ0) is 34.1. The number of para-hydroxylation sites is 2. The van der Waals surface area contributed by atoms with Crippen LogP contribution in [0.15, 0.2) is 60.7 Å². The third-order valence-corrected chi connectivity index (χ3v) is 4.97. The van der Waals surface area contributed by atoms with Crippen molar-refractivity contribution in [3.05, 3.63) is 60.7 Å². The molecular weight excluding hydrogens is 674 g/mol. The smallest absolute Gasteiger partial charge is 0.306 e. The number of carboxylic acids is 2. The van der Waals surface area contributed by atoms with Gasteiger partial charge in [0.05, 0.1) is 78.5 Å². The average molecular weight is 720 g/mol. The van der Waals surface area contributed by atoms with Crippen molar-refractivity contribution in [2.75, 3.05) is 72.7 Å². The summed E-state index contributed by atoms with van der Waals surface area (Å²) < 4.78 is 35.8. The van der Waals surface area contributed by atoms with Gasteiger partial charge in [0.25, 0.3) is 0 Å². The van der Waals surface area contributed by atoms with Crippen molar-refractivity contribution in [1.82, 2.24) is 0 Å². The molecule has 0 amide bonds. The monoisotopic (exact) mass is 718 g/mol. The predicted octanol–water partition coefficient (Wildman–Crippen LogP) is 2.99. The Kier molecular flexibility index (Phi) is 32.7. The van der Waals surface area contributed by atoms with E-state index < -0.39 is 23.9 Å². The minimum absolute atomic E-state index is 0. The molecule has 2 aromatic carbocycles. The molecule has 0 heterocycles. The predicted molar refractivity (Wildman–Crippen MR) is 165 cm³/mol. The van der Waals surface area contributed by atoms with Crippen molar-refractivity contribution in [2.24, 2.45) is 0 Å². The number of aliphatic carboxylic acids is 2. The van der Waals surface area contributed by atoms with Crippen molar-refractivity contribution in [3.63, 3.8) is 0 Å². The van der Waals surface area contributed by atoms with E-state index in [9.17, 15) is 19.2 Å². The molecule has 0 atom stereocenters. The van der Waals surface area contributed by atoms with Crippen molar-refractivity contribution in [3.8, 4) is 11.5 Å². The van der Waals surface area contributed by atoms with E-state index >= 15 is 0 Å². The second kappa shape index (κ2) is 33.7. The molecule has 0 aromatic heterocycles. The van der Waals surface area contributed by atoms with Gasteiger partial charge in [0.15, 0.2) is 0 Å². The van der Waals surface area contributed by atoms with Crippen LogP contribution in [0.25, 0.3) is 0 Å². The second-order valence-corrected chi connectivity index (χ2v) is 8.70. The molecule has 0 radical (unpaired) electrons. The number of carboxylic acid groups (broad SMARTS) is 2. The molecule has 2 rings (SSSR count). The Morgan fingerprint density at radius 1 is 0.532 bits per heavy atom. The molecule has 0 aliphatic heterocycles. The maximum Gasteiger partial charge on any atom is 0.306 e. The second-order valence-electron chi connectivity index (χ2n) is 8.70. The first-order chi connectivity index (χ1) is 22.3.